The van der Waals surface area contributed by atoms with Gasteiger partial charge in [-0.05, 0) is 48.6 Å². The van der Waals surface area contributed by atoms with Crippen molar-refractivity contribution in [2.24, 2.45) is 0 Å². The van der Waals surface area contributed by atoms with Crippen LogP contribution in [-0.2, 0) is 6.42 Å². The van der Waals surface area contributed by atoms with Gasteiger partial charge in [0.25, 0.3) is 0 Å². The third-order valence-electron chi connectivity index (χ3n) is 3.44. The van der Waals surface area contributed by atoms with Crippen LogP contribution in [0.15, 0.2) is 47.6 Å². The summed E-state index contributed by atoms with van der Waals surface area (Å²) in [6, 6.07) is 10.7. The molecule has 0 unspecified atom stereocenters. The molecule has 1 N–H and O–H groups in total. The zero-order valence-corrected chi connectivity index (χ0v) is 11.9. The van der Waals surface area contributed by atoms with Gasteiger partial charge in [-0.1, -0.05) is 6.92 Å². The summed E-state index contributed by atoms with van der Waals surface area (Å²) in [4.78, 5) is 8.94. The number of H-pyrrole nitrogens is 1. The second-order valence-electron chi connectivity index (χ2n) is 4.48. The van der Waals surface area contributed by atoms with Crippen LogP contribution in [0.1, 0.15) is 12.5 Å². The quantitative estimate of drug-likeness (QED) is 0.708. The van der Waals surface area contributed by atoms with E-state index < -0.39 is 0 Å². The number of pyridine rings is 1. The maximum atomic E-state index is 4.09. The number of nitrogens with zero attached hydrogens (tertiary/aromatic N) is 1. The maximum Gasteiger partial charge on any atom is 0.0498 e. The van der Waals surface area contributed by atoms with Crippen LogP contribution in [0, 0.1) is 0 Å². The first-order valence-corrected chi connectivity index (χ1v) is 7.65. The van der Waals surface area contributed by atoms with Gasteiger partial charge >= 0.3 is 0 Å². The molecule has 96 valence electrons. The molecule has 0 atom stereocenters. The monoisotopic (exact) mass is 268 g/mol. The number of aromatic amines is 1. The summed E-state index contributed by atoms with van der Waals surface area (Å²) in [5.41, 5.74) is 5.02. The second kappa shape index (κ2) is 5.10. The molecular weight excluding hydrogens is 252 g/mol. The van der Waals surface area contributed by atoms with E-state index in [1.165, 1.54) is 32.6 Å². The smallest absolute Gasteiger partial charge is 0.0498 e. The van der Waals surface area contributed by atoms with Crippen molar-refractivity contribution in [3.8, 4) is 11.3 Å². The van der Waals surface area contributed by atoms with E-state index in [1.807, 2.05) is 12.4 Å². The van der Waals surface area contributed by atoms with E-state index in [2.05, 4.69) is 53.5 Å². The van der Waals surface area contributed by atoms with Crippen molar-refractivity contribution in [3.05, 3.63) is 48.3 Å². The summed E-state index contributed by atoms with van der Waals surface area (Å²) < 4.78 is 0. The van der Waals surface area contributed by atoms with E-state index in [-0.39, 0.29) is 0 Å². The molecule has 3 aromatic rings. The predicted molar refractivity (Wildman–Crippen MR) is 82.7 cm³/mol. The Morgan fingerprint density at radius 2 is 1.95 bits per heavy atom. The van der Waals surface area contributed by atoms with E-state index in [1.54, 1.807) is 11.8 Å². The van der Waals surface area contributed by atoms with E-state index in [0.29, 0.717) is 0 Å². The van der Waals surface area contributed by atoms with Gasteiger partial charge in [-0.15, -0.1) is 11.8 Å². The van der Waals surface area contributed by atoms with Gasteiger partial charge in [0.15, 0.2) is 0 Å². The lowest BCUT2D eigenvalue weighted by molar-refractivity contribution is 1.15. The Labute approximate surface area is 117 Å². The molecule has 0 aliphatic carbocycles. The number of thioether (sulfide) groups is 1. The number of fused-ring (bicyclic) bond motifs is 1. The van der Waals surface area contributed by atoms with Gasteiger partial charge in [0.2, 0.25) is 0 Å². The van der Waals surface area contributed by atoms with Crippen molar-refractivity contribution in [2.45, 2.75) is 18.2 Å². The molecule has 0 aliphatic heterocycles. The van der Waals surface area contributed by atoms with E-state index >= 15 is 0 Å². The molecule has 0 saturated heterocycles. The maximum absolute atomic E-state index is 4.09. The molecule has 0 saturated carbocycles. The fourth-order valence-corrected chi connectivity index (χ4v) is 2.93. The van der Waals surface area contributed by atoms with Crippen molar-refractivity contribution in [2.75, 3.05) is 6.26 Å². The van der Waals surface area contributed by atoms with Crippen molar-refractivity contribution in [1.82, 2.24) is 9.97 Å². The van der Waals surface area contributed by atoms with E-state index in [4.69, 9.17) is 0 Å². The van der Waals surface area contributed by atoms with Crippen LogP contribution >= 0.6 is 11.8 Å². The number of nitrogens with one attached hydrogen (secondary N) is 1. The molecule has 2 nitrogen and oxygen atoms in total. The van der Waals surface area contributed by atoms with Gasteiger partial charge in [0, 0.05) is 39.4 Å². The fraction of sp³-hybridized carbons (Fsp3) is 0.188. The number of hydrogen-bond donors (Lipinski definition) is 1. The van der Waals surface area contributed by atoms with Crippen LogP contribution in [0.5, 0.6) is 0 Å². The molecule has 0 aliphatic rings. The molecule has 0 fully saturated rings. The second-order valence-corrected chi connectivity index (χ2v) is 5.36. The molecule has 19 heavy (non-hydrogen) atoms. The van der Waals surface area contributed by atoms with Crippen LogP contribution in [0.3, 0.4) is 0 Å². The Bertz CT molecular complexity index is 701. The minimum Gasteiger partial charge on any atom is -0.354 e. The first-order chi connectivity index (χ1) is 9.33. The van der Waals surface area contributed by atoms with Gasteiger partial charge in [0.05, 0.1) is 0 Å². The molecule has 2 aromatic heterocycles. The highest BCUT2D eigenvalue weighted by Gasteiger charge is 2.11. The fourth-order valence-electron chi connectivity index (χ4n) is 2.49. The van der Waals surface area contributed by atoms with Crippen LogP contribution < -0.4 is 0 Å². The van der Waals surface area contributed by atoms with Gasteiger partial charge < -0.3 is 4.98 Å². The number of hydrogen-bond acceptors (Lipinski definition) is 2. The SMILES string of the molecule is CCc1c(-c2ccncc2)[nH]c2ccc(SC)cc12. The summed E-state index contributed by atoms with van der Waals surface area (Å²) >= 11 is 1.78. The molecule has 0 radical (unpaired) electrons. The highest BCUT2D eigenvalue weighted by atomic mass is 32.2. The number of aromatic nitrogens is 2. The first kappa shape index (κ1) is 12.3. The Morgan fingerprint density at radius 1 is 1.16 bits per heavy atom. The summed E-state index contributed by atoms with van der Waals surface area (Å²) in [6.07, 6.45) is 6.82. The number of benzene rings is 1. The average Bonchev–Trinajstić information content (AvgIpc) is 2.85. The van der Waals surface area contributed by atoms with Gasteiger partial charge in [-0.25, -0.2) is 0 Å². The highest BCUT2D eigenvalue weighted by Crippen LogP contribution is 2.32. The van der Waals surface area contributed by atoms with Crippen molar-refractivity contribution >= 4 is 22.7 Å². The van der Waals surface area contributed by atoms with Crippen LogP contribution in [0.4, 0.5) is 0 Å². The molecule has 3 heteroatoms. The van der Waals surface area contributed by atoms with E-state index in [9.17, 15) is 0 Å². The summed E-state index contributed by atoms with van der Waals surface area (Å²) in [7, 11) is 0. The third kappa shape index (κ3) is 2.15. The molecule has 3 rings (SSSR count). The minimum atomic E-state index is 1.02. The molecule has 2 heterocycles. The zero-order chi connectivity index (χ0) is 13.2. The summed E-state index contributed by atoms with van der Waals surface area (Å²) in [5.74, 6) is 0. The van der Waals surface area contributed by atoms with Crippen LogP contribution in [-0.4, -0.2) is 16.2 Å². The minimum absolute atomic E-state index is 1.02. The average molecular weight is 268 g/mol. The van der Waals surface area contributed by atoms with Gasteiger partial charge in [-0.2, -0.15) is 0 Å². The Hall–Kier alpha value is -1.74. The van der Waals surface area contributed by atoms with Crippen molar-refractivity contribution < 1.29 is 0 Å². The molecular formula is C16H16N2S. The molecule has 0 bridgehead atoms. The van der Waals surface area contributed by atoms with Crippen molar-refractivity contribution in [1.29, 1.82) is 0 Å². The van der Waals surface area contributed by atoms with Gasteiger partial charge in [0.1, 0.15) is 0 Å². The third-order valence-corrected chi connectivity index (χ3v) is 4.16. The number of aryl methyl sites for hydroxylation is 1. The molecule has 0 amide bonds. The standard InChI is InChI=1S/C16H16N2S/c1-3-13-14-10-12(19-2)4-5-15(14)18-16(13)11-6-8-17-9-7-11/h4-10,18H,3H2,1-2H3. The number of rotatable bonds is 3. The Morgan fingerprint density at radius 3 is 2.63 bits per heavy atom. The van der Waals surface area contributed by atoms with Crippen LogP contribution in [0.25, 0.3) is 22.2 Å². The predicted octanol–water partition coefficient (Wildman–Crippen LogP) is 4.51. The van der Waals surface area contributed by atoms with Gasteiger partial charge in [-0.3, -0.25) is 4.98 Å². The topological polar surface area (TPSA) is 28.7 Å². The van der Waals surface area contributed by atoms with Crippen molar-refractivity contribution in [3.63, 3.8) is 0 Å². The van der Waals surface area contributed by atoms with Crippen LogP contribution in [0.2, 0.25) is 0 Å². The summed E-state index contributed by atoms with van der Waals surface area (Å²) in [6.45, 7) is 2.21. The molecule has 1 aromatic carbocycles. The normalized spacial score (nSPS) is 11.1. The lowest BCUT2D eigenvalue weighted by atomic mass is 10.0. The Kier molecular flexibility index (Phi) is 3.30. The van der Waals surface area contributed by atoms with E-state index in [0.717, 1.165) is 6.42 Å². The lowest BCUT2D eigenvalue weighted by Gasteiger charge is -2.02. The lowest BCUT2D eigenvalue weighted by Crippen LogP contribution is -1.84. The zero-order valence-electron chi connectivity index (χ0n) is 11.1. The Balaban J connectivity index is 2.26. The highest BCUT2D eigenvalue weighted by molar-refractivity contribution is 7.98. The first-order valence-electron chi connectivity index (χ1n) is 6.42. The largest absolute Gasteiger partial charge is 0.354 e. The summed E-state index contributed by atoms with van der Waals surface area (Å²) in [5, 5.41) is 1.33. The molecule has 0 spiro atoms.